The highest BCUT2D eigenvalue weighted by molar-refractivity contribution is 6.02. The predicted octanol–water partition coefficient (Wildman–Crippen LogP) is 3.68. The first-order valence-corrected chi connectivity index (χ1v) is 9.13. The van der Waals surface area contributed by atoms with E-state index >= 15 is 0 Å². The molecule has 0 aliphatic rings. The van der Waals surface area contributed by atoms with Gasteiger partial charge in [0.25, 0.3) is 11.6 Å². The molecule has 0 aliphatic heterocycles. The van der Waals surface area contributed by atoms with Crippen LogP contribution in [0.25, 0.3) is 10.8 Å². The smallest absolute Gasteiger partial charge is 0.308 e. The normalized spacial score (nSPS) is 11.5. The van der Waals surface area contributed by atoms with E-state index in [4.69, 9.17) is 5.21 Å². The number of nitrogens with one attached hydrogen (secondary N) is 2. The fraction of sp³-hybridized carbons (Fsp3) is 0.143. The van der Waals surface area contributed by atoms with E-state index < -0.39 is 22.9 Å². The number of anilines is 1. The van der Waals surface area contributed by atoms with Crippen molar-refractivity contribution < 1.29 is 19.7 Å². The second kappa shape index (κ2) is 9.01. The third kappa shape index (κ3) is 4.53. The largest absolute Gasteiger partial charge is 0.322 e. The first-order valence-electron chi connectivity index (χ1n) is 9.13. The molecule has 0 saturated heterocycles. The van der Waals surface area contributed by atoms with Crippen LogP contribution < -0.4 is 10.8 Å². The zero-order valence-corrected chi connectivity index (χ0v) is 16.1. The van der Waals surface area contributed by atoms with Gasteiger partial charge >= 0.3 is 6.03 Å². The van der Waals surface area contributed by atoms with Crippen LogP contribution in [-0.2, 0) is 11.3 Å². The van der Waals surface area contributed by atoms with Gasteiger partial charge in [-0.2, -0.15) is 0 Å². The molecule has 30 heavy (non-hydrogen) atoms. The van der Waals surface area contributed by atoms with Crippen molar-refractivity contribution in [3.05, 3.63) is 82.4 Å². The van der Waals surface area contributed by atoms with Crippen LogP contribution in [0.3, 0.4) is 0 Å². The monoisotopic (exact) mass is 408 g/mol. The molecule has 9 nitrogen and oxygen atoms in total. The molecular weight excluding hydrogens is 388 g/mol. The molecule has 3 aromatic carbocycles. The summed E-state index contributed by atoms with van der Waals surface area (Å²) in [6, 6.07) is 17.1. The maximum atomic E-state index is 13.0. The second-order valence-corrected chi connectivity index (χ2v) is 6.66. The van der Waals surface area contributed by atoms with Crippen molar-refractivity contribution in [1.82, 2.24) is 10.4 Å². The second-order valence-electron chi connectivity index (χ2n) is 6.66. The molecule has 0 aliphatic carbocycles. The van der Waals surface area contributed by atoms with Gasteiger partial charge in [0.15, 0.2) is 0 Å². The van der Waals surface area contributed by atoms with E-state index in [0.29, 0.717) is 11.3 Å². The summed E-state index contributed by atoms with van der Waals surface area (Å²) in [6.45, 7) is 1.48. The van der Waals surface area contributed by atoms with E-state index in [1.807, 2.05) is 36.4 Å². The summed E-state index contributed by atoms with van der Waals surface area (Å²) in [6.07, 6.45) is 0. The van der Waals surface area contributed by atoms with Gasteiger partial charge in [0.05, 0.1) is 10.6 Å². The van der Waals surface area contributed by atoms with Crippen LogP contribution in [0.5, 0.6) is 0 Å². The van der Waals surface area contributed by atoms with E-state index in [9.17, 15) is 19.7 Å². The summed E-state index contributed by atoms with van der Waals surface area (Å²) in [5.41, 5.74) is 2.64. The molecule has 0 heterocycles. The van der Waals surface area contributed by atoms with Gasteiger partial charge in [0, 0.05) is 24.1 Å². The number of hydrogen-bond donors (Lipinski definition) is 3. The zero-order valence-electron chi connectivity index (χ0n) is 16.1. The number of carbonyl (C=O) groups is 2. The standard InChI is InChI=1S/C21H20N4O5/c1-14(20(26)23-28)24(13-15-9-11-17(12-10-15)25(29)30)21(27)22-19-8-4-6-16-5-2-3-7-18(16)19/h2-12,14,28H,13H2,1H3,(H,22,27)(H,23,26)/t14-/m0/s1. The fourth-order valence-corrected chi connectivity index (χ4v) is 3.06. The molecule has 3 amide bonds. The topological polar surface area (TPSA) is 125 Å². The number of amides is 3. The number of hydrogen-bond acceptors (Lipinski definition) is 5. The third-order valence-corrected chi connectivity index (χ3v) is 4.75. The minimum Gasteiger partial charge on any atom is -0.308 e. The minimum atomic E-state index is -1.000. The number of hydroxylamine groups is 1. The van der Waals surface area contributed by atoms with E-state index in [0.717, 1.165) is 10.8 Å². The zero-order chi connectivity index (χ0) is 21.7. The summed E-state index contributed by atoms with van der Waals surface area (Å²) < 4.78 is 0. The average Bonchev–Trinajstić information content (AvgIpc) is 2.77. The summed E-state index contributed by atoms with van der Waals surface area (Å²) in [5.74, 6) is -0.759. The van der Waals surface area contributed by atoms with Gasteiger partial charge in [-0.15, -0.1) is 0 Å². The molecule has 3 N–H and O–H groups in total. The van der Waals surface area contributed by atoms with Crippen molar-refractivity contribution in [2.75, 3.05) is 5.32 Å². The Morgan fingerprint density at radius 3 is 2.40 bits per heavy atom. The van der Waals surface area contributed by atoms with Gasteiger partial charge in [-0.3, -0.25) is 20.1 Å². The van der Waals surface area contributed by atoms with Crippen molar-refractivity contribution in [2.24, 2.45) is 0 Å². The van der Waals surface area contributed by atoms with Crippen LogP contribution in [0.15, 0.2) is 66.7 Å². The first kappa shape index (κ1) is 20.7. The molecule has 0 spiro atoms. The molecule has 0 unspecified atom stereocenters. The lowest BCUT2D eigenvalue weighted by Crippen LogP contribution is -2.48. The van der Waals surface area contributed by atoms with Crippen LogP contribution in [0, 0.1) is 10.1 Å². The van der Waals surface area contributed by atoms with Crippen LogP contribution in [-0.4, -0.2) is 33.0 Å². The lowest BCUT2D eigenvalue weighted by atomic mass is 10.1. The molecule has 9 heteroatoms. The van der Waals surface area contributed by atoms with Gasteiger partial charge in [-0.25, -0.2) is 10.3 Å². The summed E-state index contributed by atoms with van der Waals surface area (Å²) in [5, 5.41) is 24.4. The highest BCUT2D eigenvalue weighted by Crippen LogP contribution is 2.24. The SMILES string of the molecule is C[C@@H](C(=O)NO)N(Cc1ccc([N+](=O)[O-])cc1)C(=O)Nc1cccc2ccccc12. The molecule has 0 aromatic heterocycles. The van der Waals surface area contributed by atoms with Gasteiger partial charge < -0.3 is 10.2 Å². The lowest BCUT2D eigenvalue weighted by Gasteiger charge is -2.28. The van der Waals surface area contributed by atoms with Gasteiger partial charge in [0.2, 0.25) is 0 Å². The van der Waals surface area contributed by atoms with E-state index in [1.54, 1.807) is 11.5 Å². The maximum absolute atomic E-state index is 13.0. The number of fused-ring (bicyclic) bond motifs is 1. The van der Waals surface area contributed by atoms with Crippen LogP contribution in [0.1, 0.15) is 12.5 Å². The number of carbonyl (C=O) groups excluding carboxylic acids is 2. The number of benzene rings is 3. The molecule has 3 rings (SSSR count). The summed E-state index contributed by atoms with van der Waals surface area (Å²) >= 11 is 0. The number of nitro benzene ring substituents is 1. The maximum Gasteiger partial charge on any atom is 0.322 e. The Morgan fingerprint density at radius 2 is 1.73 bits per heavy atom. The molecule has 3 aromatic rings. The molecule has 0 bridgehead atoms. The van der Waals surface area contributed by atoms with Gasteiger partial charge in [-0.05, 0) is 23.9 Å². The van der Waals surface area contributed by atoms with Crippen molar-refractivity contribution in [3.63, 3.8) is 0 Å². The van der Waals surface area contributed by atoms with Gasteiger partial charge in [0.1, 0.15) is 6.04 Å². The number of rotatable bonds is 6. The Labute approximate surface area is 172 Å². The number of nitrogens with zero attached hydrogens (tertiary/aromatic N) is 2. The third-order valence-electron chi connectivity index (χ3n) is 4.75. The fourth-order valence-electron chi connectivity index (χ4n) is 3.06. The molecular formula is C21H20N4O5. The van der Waals surface area contributed by atoms with E-state index in [1.165, 1.54) is 36.1 Å². The predicted molar refractivity (Wildman–Crippen MR) is 111 cm³/mol. The van der Waals surface area contributed by atoms with Crippen molar-refractivity contribution in [3.8, 4) is 0 Å². The Bertz CT molecular complexity index is 1080. The number of non-ortho nitro benzene ring substituents is 1. The molecule has 154 valence electrons. The quantitative estimate of drug-likeness (QED) is 0.326. The number of nitro groups is 1. The summed E-state index contributed by atoms with van der Waals surface area (Å²) in [4.78, 5) is 36.6. The van der Waals surface area contributed by atoms with E-state index in [-0.39, 0.29) is 12.2 Å². The Balaban J connectivity index is 1.88. The van der Waals surface area contributed by atoms with Gasteiger partial charge in [-0.1, -0.05) is 48.5 Å². The van der Waals surface area contributed by atoms with Crippen LogP contribution >= 0.6 is 0 Å². The lowest BCUT2D eigenvalue weighted by molar-refractivity contribution is -0.384. The molecule has 0 fully saturated rings. The Kier molecular flexibility index (Phi) is 6.23. The Morgan fingerprint density at radius 1 is 1.07 bits per heavy atom. The first-order chi connectivity index (χ1) is 14.4. The van der Waals surface area contributed by atoms with Crippen molar-refractivity contribution in [1.29, 1.82) is 0 Å². The highest BCUT2D eigenvalue weighted by atomic mass is 16.6. The van der Waals surface area contributed by atoms with Crippen molar-refractivity contribution >= 4 is 34.1 Å². The van der Waals surface area contributed by atoms with Crippen LogP contribution in [0.2, 0.25) is 0 Å². The van der Waals surface area contributed by atoms with Crippen LogP contribution in [0.4, 0.5) is 16.2 Å². The molecule has 0 saturated carbocycles. The molecule has 1 atom stereocenters. The number of urea groups is 1. The van der Waals surface area contributed by atoms with E-state index in [2.05, 4.69) is 5.32 Å². The van der Waals surface area contributed by atoms with Crippen molar-refractivity contribution in [2.45, 2.75) is 19.5 Å². The highest BCUT2D eigenvalue weighted by Gasteiger charge is 2.26. The summed E-state index contributed by atoms with van der Waals surface area (Å²) in [7, 11) is 0. The molecule has 0 radical (unpaired) electrons. The Hall–Kier alpha value is -3.98. The minimum absolute atomic E-state index is 0.00316. The average molecular weight is 408 g/mol.